The number of nitrogens with one attached hydrogen (secondary N) is 1. The van der Waals surface area contributed by atoms with Crippen LogP contribution in [0, 0.1) is 5.82 Å². The number of halogens is 1. The molecule has 0 aromatic heterocycles. The van der Waals surface area contributed by atoms with Crippen LogP contribution in [0.3, 0.4) is 0 Å². The van der Waals surface area contributed by atoms with Crippen molar-refractivity contribution in [1.29, 1.82) is 0 Å². The number of aliphatic hydroxyl groups excluding tert-OH is 1. The number of aliphatic imine (C=N–C) groups is 1. The fourth-order valence-electron chi connectivity index (χ4n) is 3.49. The van der Waals surface area contributed by atoms with Crippen LogP contribution in [-0.4, -0.2) is 71.0 Å². The molecule has 1 aromatic rings. The first kappa shape index (κ1) is 20.0. The van der Waals surface area contributed by atoms with Gasteiger partial charge in [0, 0.05) is 25.8 Å². The van der Waals surface area contributed by atoms with Gasteiger partial charge >= 0.3 is 0 Å². The van der Waals surface area contributed by atoms with Crippen molar-refractivity contribution in [3.63, 3.8) is 0 Å². The molecule has 1 saturated heterocycles. The lowest BCUT2D eigenvalue weighted by molar-refractivity contribution is -0.137. The van der Waals surface area contributed by atoms with Gasteiger partial charge in [-0.05, 0) is 23.8 Å². The van der Waals surface area contributed by atoms with Crippen molar-refractivity contribution in [3.8, 4) is 0 Å². The summed E-state index contributed by atoms with van der Waals surface area (Å²) in [5.41, 5.74) is 7.53. The molecule has 30 heavy (non-hydrogen) atoms. The highest BCUT2D eigenvalue weighted by molar-refractivity contribution is 6.44. The Bertz CT molecular complexity index is 937. The topological polar surface area (TPSA) is 120 Å². The molecular weight excluding hydrogens is 393 g/mol. The first-order chi connectivity index (χ1) is 14.4. The normalized spacial score (nSPS) is 23.9. The number of carbonyl (C=O) groups is 2. The Morgan fingerprint density at radius 2 is 2.00 bits per heavy atom. The van der Waals surface area contributed by atoms with E-state index in [4.69, 9.17) is 10.5 Å². The Morgan fingerprint density at radius 1 is 1.30 bits per heavy atom. The number of hydrogen-bond donors (Lipinski definition) is 3. The molecule has 158 valence electrons. The molecule has 2 amide bonds. The number of fused-ring (bicyclic) bond motifs is 1. The Kier molecular flexibility index (Phi) is 5.51. The number of morpholine rings is 1. The maximum atomic E-state index is 13.0. The molecule has 4 N–H and O–H groups in total. The van der Waals surface area contributed by atoms with Crippen LogP contribution in [0.1, 0.15) is 5.56 Å². The highest BCUT2D eigenvalue weighted by Crippen LogP contribution is 2.26. The summed E-state index contributed by atoms with van der Waals surface area (Å²) in [6.45, 7) is 2.55. The molecule has 2 unspecified atom stereocenters. The maximum absolute atomic E-state index is 13.0. The predicted octanol–water partition coefficient (Wildman–Crippen LogP) is -0.558. The molecule has 0 spiro atoms. The number of hydrogen-bond acceptors (Lipinski definition) is 7. The van der Waals surface area contributed by atoms with Gasteiger partial charge < -0.3 is 25.8 Å². The standard InChI is InChI=1S/C20H22FN5O4/c21-13-3-1-12(2-4-13)10-23-19(28)16-17(27)20(29)26-11-14(9-15(22)18(26)24-16)25-5-7-30-8-6-25/h1-4,9,11,17-18,27H,5-8,10,22H2,(H,23,28). The molecule has 0 radical (unpaired) electrons. The SMILES string of the molecule is NC1=CC(N2CCOCC2)=CN2C(=O)C(O)C(C(=O)NCc3ccc(F)cc3)=NC12. The van der Waals surface area contributed by atoms with Gasteiger partial charge in [0.25, 0.3) is 11.8 Å². The van der Waals surface area contributed by atoms with Crippen LogP contribution in [0.4, 0.5) is 4.39 Å². The molecule has 3 heterocycles. The van der Waals surface area contributed by atoms with Crippen LogP contribution in [0.25, 0.3) is 0 Å². The molecule has 3 aliphatic heterocycles. The second-order valence-corrected chi connectivity index (χ2v) is 7.14. The molecule has 9 nitrogen and oxygen atoms in total. The quantitative estimate of drug-likeness (QED) is 0.607. The minimum Gasteiger partial charge on any atom is -0.399 e. The highest BCUT2D eigenvalue weighted by atomic mass is 19.1. The predicted molar refractivity (Wildman–Crippen MR) is 105 cm³/mol. The number of ether oxygens (including phenoxy) is 1. The summed E-state index contributed by atoms with van der Waals surface area (Å²) in [5.74, 6) is -1.74. The summed E-state index contributed by atoms with van der Waals surface area (Å²) in [6, 6.07) is 5.62. The van der Waals surface area contributed by atoms with Crippen LogP contribution >= 0.6 is 0 Å². The van der Waals surface area contributed by atoms with E-state index >= 15 is 0 Å². The molecule has 1 aromatic carbocycles. The maximum Gasteiger partial charge on any atom is 0.268 e. The number of nitrogens with zero attached hydrogens (tertiary/aromatic N) is 3. The van der Waals surface area contributed by atoms with E-state index in [1.165, 1.54) is 29.2 Å². The summed E-state index contributed by atoms with van der Waals surface area (Å²) in [5, 5.41) is 13.0. The number of aliphatic hydroxyl groups is 1. The Morgan fingerprint density at radius 3 is 2.70 bits per heavy atom. The number of rotatable bonds is 4. The van der Waals surface area contributed by atoms with Crippen molar-refractivity contribution in [2.24, 2.45) is 10.7 Å². The first-order valence-electron chi connectivity index (χ1n) is 9.56. The van der Waals surface area contributed by atoms with Crippen LogP contribution in [0.2, 0.25) is 0 Å². The molecule has 0 saturated carbocycles. The van der Waals surface area contributed by atoms with Crippen LogP contribution < -0.4 is 11.1 Å². The highest BCUT2D eigenvalue weighted by Gasteiger charge is 2.41. The Labute approximate surface area is 172 Å². The summed E-state index contributed by atoms with van der Waals surface area (Å²) in [6.07, 6.45) is 0.712. The van der Waals surface area contributed by atoms with Gasteiger partial charge in [-0.1, -0.05) is 12.1 Å². The molecule has 3 aliphatic rings. The van der Waals surface area contributed by atoms with Crippen LogP contribution in [0.15, 0.2) is 52.9 Å². The smallest absolute Gasteiger partial charge is 0.268 e. The fourth-order valence-corrected chi connectivity index (χ4v) is 3.49. The summed E-state index contributed by atoms with van der Waals surface area (Å²) < 4.78 is 18.3. The Balaban J connectivity index is 1.51. The van der Waals surface area contributed by atoms with E-state index in [2.05, 4.69) is 10.3 Å². The minimum atomic E-state index is -1.71. The lowest BCUT2D eigenvalue weighted by atomic mass is 10.1. The average molecular weight is 415 g/mol. The van der Waals surface area contributed by atoms with Crippen LogP contribution in [-0.2, 0) is 20.9 Å². The van der Waals surface area contributed by atoms with Crippen LogP contribution in [0.5, 0.6) is 0 Å². The number of amides is 2. The van der Waals surface area contributed by atoms with Crippen molar-refractivity contribution in [1.82, 2.24) is 15.1 Å². The van der Waals surface area contributed by atoms with Gasteiger partial charge in [-0.3, -0.25) is 14.5 Å². The molecule has 1 fully saturated rings. The third-order valence-corrected chi connectivity index (χ3v) is 5.13. The number of allylic oxidation sites excluding steroid dienone is 1. The van der Waals surface area contributed by atoms with E-state index in [1.54, 1.807) is 12.3 Å². The molecule has 0 bridgehead atoms. The third kappa shape index (κ3) is 3.91. The van der Waals surface area contributed by atoms with Gasteiger partial charge in [0.15, 0.2) is 12.3 Å². The molecule has 10 heteroatoms. The summed E-state index contributed by atoms with van der Waals surface area (Å²) >= 11 is 0. The summed E-state index contributed by atoms with van der Waals surface area (Å²) in [4.78, 5) is 32.8. The van der Waals surface area contributed by atoms with Crippen molar-refractivity contribution >= 4 is 17.5 Å². The number of nitrogens with two attached hydrogens (primary N) is 1. The van der Waals surface area contributed by atoms with Gasteiger partial charge in [0.2, 0.25) is 0 Å². The second kappa shape index (κ2) is 8.25. The van der Waals surface area contributed by atoms with Crippen molar-refractivity contribution in [3.05, 3.63) is 59.3 Å². The monoisotopic (exact) mass is 415 g/mol. The number of carbonyl (C=O) groups excluding carboxylic acids is 2. The molecule has 0 aliphatic carbocycles. The van der Waals surface area contributed by atoms with E-state index in [-0.39, 0.29) is 18.1 Å². The molecular formula is C20H22FN5O4. The largest absolute Gasteiger partial charge is 0.399 e. The zero-order chi connectivity index (χ0) is 21.3. The summed E-state index contributed by atoms with van der Waals surface area (Å²) in [7, 11) is 0. The van der Waals surface area contributed by atoms with Gasteiger partial charge in [-0.15, -0.1) is 0 Å². The van der Waals surface area contributed by atoms with Crippen molar-refractivity contribution < 1.29 is 23.8 Å². The lowest BCUT2D eigenvalue weighted by Crippen LogP contribution is -2.56. The zero-order valence-corrected chi connectivity index (χ0v) is 16.1. The number of benzene rings is 1. The van der Waals surface area contributed by atoms with Gasteiger partial charge in [0.05, 0.1) is 24.6 Å². The lowest BCUT2D eigenvalue weighted by Gasteiger charge is -2.39. The molecule has 4 rings (SSSR count). The Hall–Kier alpha value is -3.24. The zero-order valence-electron chi connectivity index (χ0n) is 16.1. The van der Waals surface area contributed by atoms with Crippen molar-refractivity contribution in [2.45, 2.75) is 18.8 Å². The van der Waals surface area contributed by atoms with E-state index in [1.807, 2.05) is 4.90 Å². The van der Waals surface area contributed by atoms with E-state index < -0.39 is 24.1 Å². The van der Waals surface area contributed by atoms with Crippen molar-refractivity contribution in [2.75, 3.05) is 26.3 Å². The average Bonchev–Trinajstić information content (AvgIpc) is 2.76. The second-order valence-electron chi connectivity index (χ2n) is 7.14. The minimum absolute atomic E-state index is 0.0971. The third-order valence-electron chi connectivity index (χ3n) is 5.13. The first-order valence-corrected chi connectivity index (χ1v) is 9.56. The van der Waals surface area contributed by atoms with Gasteiger partial charge in [0.1, 0.15) is 11.5 Å². The van der Waals surface area contributed by atoms with E-state index in [9.17, 15) is 19.1 Å². The van der Waals surface area contributed by atoms with E-state index in [0.717, 1.165) is 5.70 Å². The molecule has 2 atom stereocenters. The van der Waals surface area contributed by atoms with Gasteiger partial charge in [-0.2, -0.15) is 0 Å². The van der Waals surface area contributed by atoms with Gasteiger partial charge in [-0.25, -0.2) is 9.38 Å². The fraction of sp³-hybridized carbons (Fsp3) is 0.350. The van der Waals surface area contributed by atoms with E-state index in [0.29, 0.717) is 37.6 Å².